The minimum atomic E-state index is -0.380. The van der Waals surface area contributed by atoms with E-state index in [4.69, 9.17) is 0 Å². The van der Waals surface area contributed by atoms with Gasteiger partial charge in [-0.15, -0.1) is 0 Å². The molecule has 0 aromatic rings. The van der Waals surface area contributed by atoms with E-state index in [9.17, 15) is 9.59 Å². The number of hydrogen-bond acceptors (Lipinski definition) is 2. The first kappa shape index (κ1) is 7.45. The normalized spacial score (nSPS) is 25.0. The first-order valence-electron chi connectivity index (χ1n) is 3.57. The SMILES string of the molecule is CC1(C)CC(=O)CCC1=O. The Morgan fingerprint density at radius 1 is 1.20 bits per heavy atom. The lowest BCUT2D eigenvalue weighted by Gasteiger charge is -2.26. The van der Waals surface area contributed by atoms with Crippen molar-refractivity contribution >= 4 is 11.6 Å². The van der Waals surface area contributed by atoms with Crippen LogP contribution in [-0.4, -0.2) is 11.6 Å². The predicted molar refractivity (Wildman–Crippen MR) is 37.6 cm³/mol. The van der Waals surface area contributed by atoms with Crippen molar-refractivity contribution in [1.29, 1.82) is 0 Å². The molecule has 0 bridgehead atoms. The van der Waals surface area contributed by atoms with Crippen LogP contribution in [0.25, 0.3) is 0 Å². The second-order valence-corrected chi connectivity index (χ2v) is 3.52. The molecule has 56 valence electrons. The summed E-state index contributed by atoms with van der Waals surface area (Å²) in [5.74, 6) is 0.455. The molecule has 1 rings (SSSR count). The molecule has 0 amide bonds. The number of carbonyl (C=O) groups excluding carboxylic acids is 2. The fourth-order valence-electron chi connectivity index (χ4n) is 1.27. The largest absolute Gasteiger partial charge is 0.300 e. The maximum absolute atomic E-state index is 11.1. The molecule has 0 radical (unpaired) electrons. The molecule has 1 saturated carbocycles. The smallest absolute Gasteiger partial charge is 0.139 e. The Kier molecular flexibility index (Phi) is 1.63. The molecule has 0 N–H and O–H groups in total. The highest BCUT2D eigenvalue weighted by Crippen LogP contribution is 2.29. The zero-order valence-electron chi connectivity index (χ0n) is 6.44. The van der Waals surface area contributed by atoms with Crippen LogP contribution in [0.4, 0.5) is 0 Å². The molecule has 2 heteroatoms. The summed E-state index contributed by atoms with van der Waals surface area (Å²) in [5, 5.41) is 0. The molecule has 1 aliphatic rings. The zero-order chi connectivity index (χ0) is 7.78. The Balaban J connectivity index is 2.73. The Labute approximate surface area is 60.6 Å². The lowest BCUT2D eigenvalue weighted by molar-refractivity contribution is -0.137. The quantitative estimate of drug-likeness (QED) is 0.508. The highest BCUT2D eigenvalue weighted by atomic mass is 16.1. The molecular weight excluding hydrogens is 128 g/mol. The van der Waals surface area contributed by atoms with Crippen LogP contribution in [0.15, 0.2) is 0 Å². The van der Waals surface area contributed by atoms with Crippen molar-refractivity contribution in [2.75, 3.05) is 0 Å². The Morgan fingerprint density at radius 3 is 2.20 bits per heavy atom. The van der Waals surface area contributed by atoms with Crippen molar-refractivity contribution in [3.63, 3.8) is 0 Å². The number of ketones is 2. The second-order valence-electron chi connectivity index (χ2n) is 3.52. The molecule has 0 spiro atoms. The van der Waals surface area contributed by atoms with Gasteiger partial charge in [0, 0.05) is 24.7 Å². The van der Waals surface area contributed by atoms with Gasteiger partial charge in [0.15, 0.2) is 0 Å². The van der Waals surface area contributed by atoms with Crippen LogP contribution in [0.2, 0.25) is 0 Å². The van der Waals surface area contributed by atoms with Crippen LogP contribution in [-0.2, 0) is 9.59 Å². The first-order valence-corrected chi connectivity index (χ1v) is 3.57. The van der Waals surface area contributed by atoms with Crippen LogP contribution in [0.5, 0.6) is 0 Å². The fourth-order valence-corrected chi connectivity index (χ4v) is 1.27. The Bertz CT molecular complexity index is 180. The van der Waals surface area contributed by atoms with E-state index >= 15 is 0 Å². The molecule has 1 aliphatic carbocycles. The summed E-state index contributed by atoms with van der Waals surface area (Å²) in [6, 6.07) is 0. The van der Waals surface area contributed by atoms with Crippen LogP contribution < -0.4 is 0 Å². The van der Waals surface area contributed by atoms with Gasteiger partial charge in [-0.1, -0.05) is 13.8 Å². The average Bonchev–Trinajstić information content (AvgIpc) is 1.78. The summed E-state index contributed by atoms with van der Waals surface area (Å²) in [7, 11) is 0. The van der Waals surface area contributed by atoms with Crippen LogP contribution in [0.3, 0.4) is 0 Å². The van der Waals surface area contributed by atoms with Crippen molar-refractivity contribution in [1.82, 2.24) is 0 Å². The first-order chi connectivity index (χ1) is 4.52. The van der Waals surface area contributed by atoms with E-state index < -0.39 is 0 Å². The van der Waals surface area contributed by atoms with Crippen molar-refractivity contribution in [3.8, 4) is 0 Å². The van der Waals surface area contributed by atoms with Crippen LogP contribution >= 0.6 is 0 Å². The molecule has 1 fully saturated rings. The summed E-state index contributed by atoms with van der Waals surface area (Å²) < 4.78 is 0. The van der Waals surface area contributed by atoms with Crippen molar-refractivity contribution in [2.45, 2.75) is 33.1 Å². The van der Waals surface area contributed by atoms with Crippen molar-refractivity contribution in [2.24, 2.45) is 5.41 Å². The Morgan fingerprint density at radius 2 is 1.80 bits per heavy atom. The van der Waals surface area contributed by atoms with Crippen molar-refractivity contribution < 1.29 is 9.59 Å². The van der Waals surface area contributed by atoms with Gasteiger partial charge >= 0.3 is 0 Å². The molecule has 0 aromatic heterocycles. The van der Waals surface area contributed by atoms with E-state index in [0.717, 1.165) is 0 Å². The number of Topliss-reactive ketones (excluding diaryl/α,β-unsaturated/α-hetero) is 2. The fraction of sp³-hybridized carbons (Fsp3) is 0.750. The lowest BCUT2D eigenvalue weighted by atomic mass is 9.76. The average molecular weight is 140 g/mol. The summed E-state index contributed by atoms with van der Waals surface area (Å²) in [5.41, 5.74) is -0.380. The summed E-state index contributed by atoms with van der Waals surface area (Å²) in [4.78, 5) is 22.0. The standard InChI is InChI=1S/C8H12O2/c1-8(2)5-6(9)3-4-7(8)10/h3-5H2,1-2H3. The van der Waals surface area contributed by atoms with Gasteiger partial charge in [-0.25, -0.2) is 0 Å². The maximum Gasteiger partial charge on any atom is 0.139 e. The highest BCUT2D eigenvalue weighted by molar-refractivity contribution is 5.96. The number of carbonyl (C=O) groups is 2. The van der Waals surface area contributed by atoms with Crippen LogP contribution in [0.1, 0.15) is 33.1 Å². The summed E-state index contributed by atoms with van der Waals surface area (Å²) >= 11 is 0. The number of hydrogen-bond donors (Lipinski definition) is 0. The van der Waals surface area contributed by atoms with E-state index in [1.807, 2.05) is 13.8 Å². The zero-order valence-corrected chi connectivity index (χ0v) is 6.44. The lowest BCUT2D eigenvalue weighted by Crippen LogP contribution is -2.32. The molecule has 0 unspecified atom stereocenters. The third-order valence-electron chi connectivity index (χ3n) is 2.02. The van der Waals surface area contributed by atoms with Gasteiger partial charge < -0.3 is 0 Å². The van der Waals surface area contributed by atoms with E-state index in [2.05, 4.69) is 0 Å². The predicted octanol–water partition coefficient (Wildman–Crippen LogP) is 1.33. The monoisotopic (exact) mass is 140 g/mol. The molecular formula is C8H12O2. The molecule has 0 saturated heterocycles. The molecule has 0 atom stereocenters. The van der Waals surface area contributed by atoms with Crippen molar-refractivity contribution in [3.05, 3.63) is 0 Å². The topological polar surface area (TPSA) is 34.1 Å². The number of rotatable bonds is 0. The van der Waals surface area contributed by atoms with Gasteiger partial charge in [-0.05, 0) is 0 Å². The minimum absolute atomic E-state index is 0.226. The van der Waals surface area contributed by atoms with Gasteiger partial charge in [0.1, 0.15) is 11.6 Å². The summed E-state index contributed by atoms with van der Waals surface area (Å²) in [6.45, 7) is 3.68. The van der Waals surface area contributed by atoms with Gasteiger partial charge in [0.25, 0.3) is 0 Å². The second kappa shape index (κ2) is 2.19. The van der Waals surface area contributed by atoms with E-state index in [1.165, 1.54) is 0 Å². The minimum Gasteiger partial charge on any atom is -0.300 e. The third kappa shape index (κ3) is 1.25. The molecule has 0 aliphatic heterocycles. The molecule has 10 heavy (non-hydrogen) atoms. The van der Waals surface area contributed by atoms with E-state index in [-0.39, 0.29) is 17.0 Å². The highest BCUT2D eigenvalue weighted by Gasteiger charge is 2.33. The van der Waals surface area contributed by atoms with Crippen LogP contribution in [0, 0.1) is 5.41 Å². The van der Waals surface area contributed by atoms with Gasteiger partial charge in [0.2, 0.25) is 0 Å². The summed E-state index contributed by atoms with van der Waals surface area (Å²) in [6.07, 6.45) is 1.35. The Hall–Kier alpha value is -0.660. The molecule has 2 nitrogen and oxygen atoms in total. The van der Waals surface area contributed by atoms with Gasteiger partial charge in [-0.3, -0.25) is 9.59 Å². The maximum atomic E-state index is 11.1. The molecule has 0 heterocycles. The third-order valence-corrected chi connectivity index (χ3v) is 2.02. The molecule has 0 aromatic carbocycles. The van der Waals surface area contributed by atoms with E-state index in [1.54, 1.807) is 0 Å². The van der Waals surface area contributed by atoms with Gasteiger partial charge in [-0.2, -0.15) is 0 Å². The van der Waals surface area contributed by atoms with Gasteiger partial charge in [0.05, 0.1) is 0 Å². The van der Waals surface area contributed by atoms with E-state index in [0.29, 0.717) is 19.3 Å².